The highest BCUT2D eigenvalue weighted by Crippen LogP contribution is 2.34. The standard InChI is InChI=1S/C15H16O4S/c1-9-6-11(3)15(17)14(7-9)20(18,19)13-8-12(16)5-4-10(13)2/h4-8,16-17H,1-3H3. The maximum atomic E-state index is 12.7. The molecule has 0 atom stereocenters. The van der Waals surface area contributed by atoms with Crippen LogP contribution in [0.4, 0.5) is 0 Å². The Hall–Kier alpha value is -2.01. The molecule has 0 unspecified atom stereocenters. The van der Waals surface area contributed by atoms with Crippen LogP contribution >= 0.6 is 0 Å². The third-order valence-corrected chi connectivity index (χ3v) is 5.07. The first-order chi connectivity index (χ1) is 9.23. The number of phenols is 2. The minimum atomic E-state index is -3.88. The number of rotatable bonds is 2. The SMILES string of the molecule is Cc1cc(C)c(O)c(S(=O)(=O)c2cc(O)ccc2C)c1. The van der Waals surface area contributed by atoms with Crippen molar-refractivity contribution in [2.75, 3.05) is 0 Å². The minimum Gasteiger partial charge on any atom is -0.508 e. The maximum Gasteiger partial charge on any atom is 0.210 e. The van der Waals surface area contributed by atoms with Crippen LogP contribution in [0, 0.1) is 20.8 Å². The molecule has 4 nitrogen and oxygen atoms in total. The van der Waals surface area contributed by atoms with Crippen molar-refractivity contribution in [3.05, 3.63) is 47.0 Å². The Labute approximate surface area is 118 Å². The van der Waals surface area contributed by atoms with E-state index < -0.39 is 9.84 Å². The first kappa shape index (κ1) is 14.4. The van der Waals surface area contributed by atoms with Gasteiger partial charge in [0.25, 0.3) is 0 Å². The highest BCUT2D eigenvalue weighted by atomic mass is 32.2. The van der Waals surface area contributed by atoms with Crippen LogP contribution in [0.5, 0.6) is 11.5 Å². The zero-order chi connectivity index (χ0) is 15.1. The van der Waals surface area contributed by atoms with Crippen LogP contribution in [-0.2, 0) is 9.84 Å². The summed E-state index contributed by atoms with van der Waals surface area (Å²) in [5.74, 6) is -0.378. The average molecular weight is 292 g/mol. The van der Waals surface area contributed by atoms with Crippen molar-refractivity contribution in [2.24, 2.45) is 0 Å². The van der Waals surface area contributed by atoms with Gasteiger partial charge in [-0.3, -0.25) is 0 Å². The summed E-state index contributed by atoms with van der Waals surface area (Å²) >= 11 is 0. The van der Waals surface area contributed by atoms with Crippen molar-refractivity contribution in [3.63, 3.8) is 0 Å². The largest absolute Gasteiger partial charge is 0.508 e. The number of benzene rings is 2. The molecule has 0 radical (unpaired) electrons. The Morgan fingerprint density at radius 2 is 1.50 bits per heavy atom. The monoisotopic (exact) mass is 292 g/mol. The van der Waals surface area contributed by atoms with Gasteiger partial charge in [-0.2, -0.15) is 0 Å². The van der Waals surface area contributed by atoms with E-state index in [-0.39, 0.29) is 21.3 Å². The molecule has 106 valence electrons. The summed E-state index contributed by atoms with van der Waals surface area (Å²) in [5.41, 5.74) is 1.76. The molecule has 2 aromatic carbocycles. The van der Waals surface area contributed by atoms with E-state index in [1.807, 2.05) is 0 Å². The van der Waals surface area contributed by atoms with E-state index >= 15 is 0 Å². The highest BCUT2D eigenvalue weighted by molar-refractivity contribution is 7.91. The summed E-state index contributed by atoms with van der Waals surface area (Å²) < 4.78 is 25.3. The summed E-state index contributed by atoms with van der Waals surface area (Å²) in [7, 11) is -3.88. The summed E-state index contributed by atoms with van der Waals surface area (Å²) in [6.07, 6.45) is 0. The van der Waals surface area contributed by atoms with Gasteiger partial charge < -0.3 is 10.2 Å². The summed E-state index contributed by atoms with van der Waals surface area (Å²) in [4.78, 5) is -0.137. The first-order valence-electron chi connectivity index (χ1n) is 6.08. The fourth-order valence-corrected chi connectivity index (χ4v) is 3.88. The lowest BCUT2D eigenvalue weighted by Crippen LogP contribution is -2.05. The van der Waals surface area contributed by atoms with Crippen LogP contribution in [-0.4, -0.2) is 18.6 Å². The van der Waals surface area contributed by atoms with Gasteiger partial charge in [-0.25, -0.2) is 8.42 Å². The van der Waals surface area contributed by atoms with E-state index in [1.54, 1.807) is 26.8 Å². The van der Waals surface area contributed by atoms with Gasteiger partial charge in [0.2, 0.25) is 9.84 Å². The number of sulfone groups is 1. The Bertz CT molecular complexity index is 777. The third kappa shape index (κ3) is 2.36. The van der Waals surface area contributed by atoms with Crippen LogP contribution in [0.3, 0.4) is 0 Å². The summed E-state index contributed by atoms with van der Waals surface area (Å²) in [6, 6.07) is 7.30. The topological polar surface area (TPSA) is 74.6 Å². The summed E-state index contributed by atoms with van der Waals surface area (Å²) in [6.45, 7) is 5.06. The van der Waals surface area contributed by atoms with Crippen molar-refractivity contribution in [1.82, 2.24) is 0 Å². The molecular weight excluding hydrogens is 276 g/mol. The van der Waals surface area contributed by atoms with E-state index in [2.05, 4.69) is 0 Å². The van der Waals surface area contributed by atoms with Gasteiger partial charge in [0.1, 0.15) is 16.4 Å². The lowest BCUT2D eigenvalue weighted by atomic mass is 10.1. The van der Waals surface area contributed by atoms with E-state index in [0.29, 0.717) is 11.1 Å². The predicted molar refractivity (Wildman–Crippen MR) is 75.9 cm³/mol. The zero-order valence-corrected chi connectivity index (χ0v) is 12.3. The van der Waals surface area contributed by atoms with Gasteiger partial charge >= 0.3 is 0 Å². The Morgan fingerprint density at radius 1 is 0.850 bits per heavy atom. The van der Waals surface area contributed by atoms with Crippen molar-refractivity contribution >= 4 is 9.84 Å². The van der Waals surface area contributed by atoms with Crippen molar-refractivity contribution in [1.29, 1.82) is 0 Å². The molecular formula is C15H16O4S. The second-order valence-electron chi connectivity index (χ2n) is 4.88. The smallest absolute Gasteiger partial charge is 0.210 e. The quantitative estimate of drug-likeness (QED) is 0.892. The van der Waals surface area contributed by atoms with E-state index in [4.69, 9.17) is 0 Å². The molecule has 2 N–H and O–H groups in total. The number of hydrogen-bond donors (Lipinski definition) is 2. The molecule has 0 aliphatic heterocycles. The van der Waals surface area contributed by atoms with E-state index in [1.165, 1.54) is 24.3 Å². The molecule has 0 bridgehead atoms. The lowest BCUT2D eigenvalue weighted by Gasteiger charge is -2.12. The summed E-state index contributed by atoms with van der Waals surface area (Å²) in [5, 5.41) is 19.5. The van der Waals surface area contributed by atoms with E-state index in [0.717, 1.165) is 5.56 Å². The van der Waals surface area contributed by atoms with E-state index in [9.17, 15) is 18.6 Å². The van der Waals surface area contributed by atoms with Gasteiger partial charge in [0.15, 0.2) is 0 Å². The van der Waals surface area contributed by atoms with Crippen molar-refractivity contribution < 1.29 is 18.6 Å². The molecule has 0 heterocycles. The molecule has 0 aromatic heterocycles. The second-order valence-corrected chi connectivity index (χ2v) is 6.77. The first-order valence-corrected chi connectivity index (χ1v) is 7.56. The average Bonchev–Trinajstić information content (AvgIpc) is 2.36. The van der Waals surface area contributed by atoms with Gasteiger partial charge in [-0.05, 0) is 55.7 Å². The molecule has 2 rings (SSSR count). The maximum absolute atomic E-state index is 12.7. The van der Waals surface area contributed by atoms with Crippen LogP contribution in [0.25, 0.3) is 0 Å². The molecule has 0 saturated carbocycles. The fourth-order valence-electron chi connectivity index (χ4n) is 2.12. The zero-order valence-electron chi connectivity index (χ0n) is 11.5. The second kappa shape index (κ2) is 4.83. The Morgan fingerprint density at radius 3 is 2.15 bits per heavy atom. The van der Waals surface area contributed by atoms with Gasteiger partial charge in [-0.1, -0.05) is 12.1 Å². The van der Waals surface area contributed by atoms with Crippen LogP contribution in [0.1, 0.15) is 16.7 Å². The number of phenolic OH excluding ortho intramolecular Hbond substituents is 2. The van der Waals surface area contributed by atoms with Gasteiger partial charge in [0, 0.05) is 0 Å². The Kier molecular flexibility index (Phi) is 3.48. The third-order valence-electron chi connectivity index (χ3n) is 3.16. The Balaban J connectivity index is 2.77. The number of aryl methyl sites for hydroxylation is 3. The van der Waals surface area contributed by atoms with Gasteiger partial charge in [-0.15, -0.1) is 0 Å². The number of aromatic hydroxyl groups is 2. The molecule has 5 heteroatoms. The number of hydrogen-bond acceptors (Lipinski definition) is 4. The highest BCUT2D eigenvalue weighted by Gasteiger charge is 2.25. The molecule has 0 fully saturated rings. The van der Waals surface area contributed by atoms with Crippen molar-refractivity contribution in [2.45, 2.75) is 30.6 Å². The molecule has 2 aromatic rings. The van der Waals surface area contributed by atoms with Crippen LogP contribution in [0.15, 0.2) is 40.1 Å². The van der Waals surface area contributed by atoms with Gasteiger partial charge in [0.05, 0.1) is 4.90 Å². The predicted octanol–water partition coefficient (Wildman–Crippen LogP) is 2.86. The van der Waals surface area contributed by atoms with Crippen molar-refractivity contribution in [3.8, 4) is 11.5 Å². The molecule has 0 spiro atoms. The lowest BCUT2D eigenvalue weighted by molar-refractivity contribution is 0.453. The van der Waals surface area contributed by atoms with Crippen LogP contribution < -0.4 is 0 Å². The minimum absolute atomic E-state index is 0.00204. The molecule has 0 saturated heterocycles. The van der Waals surface area contributed by atoms with Crippen LogP contribution in [0.2, 0.25) is 0 Å². The normalized spacial score (nSPS) is 11.6. The molecule has 0 aliphatic carbocycles. The molecule has 0 amide bonds. The molecule has 0 aliphatic rings. The molecule has 20 heavy (non-hydrogen) atoms. The fraction of sp³-hybridized carbons (Fsp3) is 0.200.